The maximum absolute atomic E-state index is 13.4. The molecule has 1 aliphatic carbocycles. The monoisotopic (exact) mass is 391 g/mol. The van der Waals surface area contributed by atoms with Crippen molar-refractivity contribution in [2.45, 2.75) is 38.8 Å². The summed E-state index contributed by atoms with van der Waals surface area (Å²) in [6, 6.07) is 14.1. The number of halogens is 1. The molecule has 148 valence electrons. The standard InChI is InChI=1S/C23H22FN3O2/c1-3-27-19-7-5-4-6-18(19)26-22(27)16-12-17(16)23(28)25-13(2)20-10-14-8-9-15(24)11-21(14)29-20/h4-11,13,16-17H,3,12H2,1-2H3,(H,25,28)/t13?,16-,17-/m0/s1. The van der Waals surface area contributed by atoms with Gasteiger partial charge in [-0.2, -0.15) is 0 Å². The molecule has 3 atom stereocenters. The molecule has 0 aliphatic heterocycles. The molecular formula is C23H22FN3O2. The van der Waals surface area contributed by atoms with Crippen molar-refractivity contribution < 1.29 is 13.6 Å². The van der Waals surface area contributed by atoms with Gasteiger partial charge in [0.15, 0.2) is 0 Å². The molecule has 0 bridgehead atoms. The minimum Gasteiger partial charge on any atom is -0.459 e. The summed E-state index contributed by atoms with van der Waals surface area (Å²) in [5.74, 6) is 1.33. The molecule has 2 aromatic carbocycles. The van der Waals surface area contributed by atoms with Gasteiger partial charge in [0.1, 0.15) is 23.0 Å². The maximum Gasteiger partial charge on any atom is 0.224 e. The normalized spacial score (nSPS) is 19.6. The van der Waals surface area contributed by atoms with Gasteiger partial charge in [0.05, 0.1) is 17.1 Å². The van der Waals surface area contributed by atoms with Gasteiger partial charge in [0, 0.05) is 29.8 Å². The van der Waals surface area contributed by atoms with E-state index in [0.29, 0.717) is 11.3 Å². The highest BCUT2D eigenvalue weighted by Gasteiger charge is 2.47. The molecule has 1 N–H and O–H groups in total. The lowest BCUT2D eigenvalue weighted by molar-refractivity contribution is -0.123. The van der Waals surface area contributed by atoms with Crippen molar-refractivity contribution in [3.8, 4) is 0 Å². The Morgan fingerprint density at radius 3 is 2.97 bits per heavy atom. The Kier molecular flexibility index (Phi) is 4.15. The first-order valence-corrected chi connectivity index (χ1v) is 9.99. The highest BCUT2D eigenvalue weighted by molar-refractivity contribution is 5.84. The summed E-state index contributed by atoms with van der Waals surface area (Å²) in [5, 5.41) is 3.86. The average molecular weight is 391 g/mol. The van der Waals surface area contributed by atoms with Gasteiger partial charge in [-0.05, 0) is 50.6 Å². The minimum atomic E-state index is -0.338. The lowest BCUT2D eigenvalue weighted by Gasteiger charge is -2.11. The van der Waals surface area contributed by atoms with E-state index in [1.807, 2.05) is 31.2 Å². The summed E-state index contributed by atoms with van der Waals surface area (Å²) in [6.45, 7) is 4.80. The van der Waals surface area contributed by atoms with Gasteiger partial charge in [0.2, 0.25) is 5.91 Å². The van der Waals surface area contributed by atoms with Crippen LogP contribution in [0.4, 0.5) is 4.39 Å². The smallest absolute Gasteiger partial charge is 0.224 e. The van der Waals surface area contributed by atoms with Crippen LogP contribution < -0.4 is 5.32 Å². The third kappa shape index (κ3) is 3.09. The molecule has 5 nitrogen and oxygen atoms in total. The topological polar surface area (TPSA) is 60.1 Å². The quantitative estimate of drug-likeness (QED) is 0.525. The summed E-state index contributed by atoms with van der Waals surface area (Å²) in [6.07, 6.45) is 0.799. The summed E-state index contributed by atoms with van der Waals surface area (Å²) >= 11 is 0. The van der Waals surface area contributed by atoms with Crippen LogP contribution in [0.2, 0.25) is 0 Å². The molecule has 1 fully saturated rings. The molecule has 2 aromatic heterocycles. The Bertz CT molecular complexity index is 1230. The molecule has 0 spiro atoms. The lowest BCUT2D eigenvalue weighted by atomic mass is 10.2. The van der Waals surface area contributed by atoms with E-state index in [9.17, 15) is 9.18 Å². The van der Waals surface area contributed by atoms with E-state index in [-0.39, 0.29) is 29.6 Å². The van der Waals surface area contributed by atoms with Gasteiger partial charge in [-0.25, -0.2) is 9.37 Å². The Hall–Kier alpha value is -3.15. The second-order valence-corrected chi connectivity index (χ2v) is 7.71. The first-order valence-electron chi connectivity index (χ1n) is 9.99. The number of rotatable bonds is 5. The number of amides is 1. The van der Waals surface area contributed by atoms with Crippen LogP contribution in [0.3, 0.4) is 0 Å². The highest BCUT2D eigenvalue weighted by Crippen LogP contribution is 2.48. The van der Waals surface area contributed by atoms with Gasteiger partial charge in [0.25, 0.3) is 0 Å². The Morgan fingerprint density at radius 2 is 2.14 bits per heavy atom. The molecule has 6 heteroatoms. The second kappa shape index (κ2) is 6.72. The number of para-hydroxylation sites is 2. The molecule has 0 saturated heterocycles. The van der Waals surface area contributed by atoms with E-state index >= 15 is 0 Å². The molecule has 2 heterocycles. The third-order valence-electron chi connectivity index (χ3n) is 5.75. The number of nitrogens with one attached hydrogen (secondary N) is 1. The van der Waals surface area contributed by atoms with Crippen LogP contribution in [0.25, 0.3) is 22.0 Å². The third-order valence-corrected chi connectivity index (χ3v) is 5.75. The van der Waals surface area contributed by atoms with Gasteiger partial charge in [-0.15, -0.1) is 0 Å². The fourth-order valence-corrected chi connectivity index (χ4v) is 4.11. The fraction of sp³-hybridized carbons (Fsp3) is 0.304. The van der Waals surface area contributed by atoms with Crippen molar-refractivity contribution in [3.63, 3.8) is 0 Å². The molecule has 1 amide bonds. The Balaban J connectivity index is 1.32. The molecule has 29 heavy (non-hydrogen) atoms. The largest absolute Gasteiger partial charge is 0.459 e. The number of nitrogens with zero attached hydrogens (tertiary/aromatic N) is 2. The van der Waals surface area contributed by atoms with Crippen LogP contribution in [-0.4, -0.2) is 15.5 Å². The molecule has 0 radical (unpaired) electrons. The molecular weight excluding hydrogens is 369 g/mol. The number of furan rings is 1. The van der Waals surface area contributed by atoms with Crippen molar-refractivity contribution in [2.24, 2.45) is 5.92 Å². The number of hydrogen-bond donors (Lipinski definition) is 1. The average Bonchev–Trinajstić information content (AvgIpc) is 3.25. The molecule has 1 aliphatic rings. The van der Waals surface area contributed by atoms with Crippen LogP contribution in [0, 0.1) is 11.7 Å². The number of aromatic nitrogens is 2. The van der Waals surface area contributed by atoms with Crippen LogP contribution in [0.1, 0.15) is 43.8 Å². The summed E-state index contributed by atoms with van der Waals surface area (Å²) in [5.41, 5.74) is 2.57. The zero-order chi connectivity index (χ0) is 20.1. The number of aryl methyl sites for hydroxylation is 1. The number of fused-ring (bicyclic) bond motifs is 2. The van der Waals surface area contributed by atoms with Crippen LogP contribution in [0.15, 0.2) is 52.9 Å². The van der Waals surface area contributed by atoms with Crippen LogP contribution in [-0.2, 0) is 11.3 Å². The first kappa shape index (κ1) is 17.9. The predicted molar refractivity (Wildman–Crippen MR) is 109 cm³/mol. The number of carbonyl (C=O) groups excluding carboxylic acids is 1. The van der Waals surface area contributed by atoms with Crippen LogP contribution >= 0.6 is 0 Å². The van der Waals surface area contributed by atoms with E-state index < -0.39 is 0 Å². The molecule has 4 aromatic rings. The van der Waals surface area contributed by atoms with Crippen molar-refractivity contribution in [1.82, 2.24) is 14.9 Å². The van der Waals surface area contributed by atoms with Gasteiger partial charge < -0.3 is 14.3 Å². The second-order valence-electron chi connectivity index (χ2n) is 7.71. The summed E-state index contributed by atoms with van der Waals surface area (Å²) in [7, 11) is 0. The van der Waals surface area contributed by atoms with Crippen molar-refractivity contribution in [3.05, 3.63) is 65.9 Å². The Labute approximate surface area is 167 Å². The van der Waals surface area contributed by atoms with E-state index in [1.54, 1.807) is 6.07 Å². The maximum atomic E-state index is 13.4. The molecule has 1 saturated carbocycles. The zero-order valence-electron chi connectivity index (χ0n) is 16.4. The molecule has 5 rings (SSSR count). The van der Waals surface area contributed by atoms with Gasteiger partial charge in [-0.3, -0.25) is 4.79 Å². The number of benzene rings is 2. The van der Waals surface area contributed by atoms with Crippen molar-refractivity contribution in [2.75, 3.05) is 0 Å². The van der Waals surface area contributed by atoms with E-state index in [0.717, 1.165) is 35.2 Å². The summed E-state index contributed by atoms with van der Waals surface area (Å²) < 4.78 is 21.3. The van der Waals surface area contributed by atoms with Crippen LogP contribution in [0.5, 0.6) is 0 Å². The minimum absolute atomic E-state index is 0.00356. The Morgan fingerprint density at radius 1 is 1.31 bits per heavy atom. The number of hydrogen-bond acceptors (Lipinski definition) is 3. The van der Waals surface area contributed by atoms with E-state index in [4.69, 9.17) is 9.40 Å². The molecule has 1 unspecified atom stereocenters. The SMILES string of the molecule is CCn1c([C@H]2C[C@@H]2C(=O)NC(C)c2cc3ccc(F)cc3o2)nc2ccccc21. The predicted octanol–water partition coefficient (Wildman–Crippen LogP) is 4.92. The zero-order valence-corrected chi connectivity index (χ0v) is 16.4. The highest BCUT2D eigenvalue weighted by atomic mass is 19.1. The van der Waals surface area contributed by atoms with E-state index in [1.165, 1.54) is 12.1 Å². The van der Waals surface area contributed by atoms with Crippen molar-refractivity contribution >= 4 is 27.9 Å². The summed E-state index contributed by atoms with van der Waals surface area (Å²) in [4.78, 5) is 17.6. The van der Waals surface area contributed by atoms with E-state index in [2.05, 4.69) is 22.9 Å². The van der Waals surface area contributed by atoms with Gasteiger partial charge in [-0.1, -0.05) is 12.1 Å². The van der Waals surface area contributed by atoms with Gasteiger partial charge >= 0.3 is 0 Å². The first-order chi connectivity index (χ1) is 14.0. The van der Waals surface area contributed by atoms with Crippen molar-refractivity contribution in [1.29, 1.82) is 0 Å². The number of imidazole rings is 1. The number of carbonyl (C=O) groups is 1. The lowest BCUT2D eigenvalue weighted by Crippen LogP contribution is -2.28. The fourth-order valence-electron chi connectivity index (χ4n) is 4.11.